The van der Waals surface area contributed by atoms with Crippen molar-refractivity contribution in [3.63, 3.8) is 0 Å². The van der Waals surface area contributed by atoms with Crippen LogP contribution < -0.4 is 9.64 Å². The van der Waals surface area contributed by atoms with E-state index in [0.717, 1.165) is 18.4 Å². The van der Waals surface area contributed by atoms with Crippen molar-refractivity contribution in [2.45, 2.75) is 107 Å². The SMILES string of the molecule is CC.CC#N.CCC.C\C=C/C(=C\C=C\C)c1cc(F)c(N2CCCC2=O)cc1COc1ccc(-c2nc3cc(C(=O)N=O)ccc3n2C(C)CCC)c(F)c1. The third-order valence-electron chi connectivity index (χ3n) is 8.40. The third-order valence-corrected chi connectivity index (χ3v) is 8.40. The molecule has 1 aliphatic heterocycles. The number of amides is 2. The molecule has 0 bridgehead atoms. The summed E-state index contributed by atoms with van der Waals surface area (Å²) in [6.45, 7) is 17.9. The summed E-state index contributed by atoms with van der Waals surface area (Å²) in [5.41, 5.74) is 3.67. The Labute approximate surface area is 330 Å². The molecule has 2 amide bonds. The monoisotopic (exact) mass is 767 g/mol. The van der Waals surface area contributed by atoms with Crippen LogP contribution in [0.5, 0.6) is 5.75 Å². The summed E-state index contributed by atoms with van der Waals surface area (Å²) in [7, 11) is 0. The van der Waals surface area contributed by atoms with Gasteiger partial charge in [-0.25, -0.2) is 13.8 Å². The molecule has 0 N–H and O–H groups in total. The number of ether oxygens (including phenoxy) is 1. The normalized spacial score (nSPS) is 13.0. The summed E-state index contributed by atoms with van der Waals surface area (Å²) in [6.07, 6.45) is 13.3. The molecule has 0 aliphatic carbocycles. The molecule has 9 nitrogen and oxygen atoms in total. The number of nitrogens with zero attached hydrogens (tertiary/aromatic N) is 5. The van der Waals surface area contributed by atoms with Crippen molar-refractivity contribution in [1.29, 1.82) is 5.26 Å². The Morgan fingerprint density at radius 1 is 1.05 bits per heavy atom. The van der Waals surface area contributed by atoms with E-state index in [2.05, 4.69) is 30.9 Å². The minimum absolute atomic E-state index is 0.0121. The van der Waals surface area contributed by atoms with E-state index in [4.69, 9.17) is 10.00 Å². The Morgan fingerprint density at radius 3 is 2.32 bits per heavy atom. The largest absolute Gasteiger partial charge is 0.489 e. The predicted octanol–water partition coefficient (Wildman–Crippen LogP) is 12.5. The van der Waals surface area contributed by atoms with Gasteiger partial charge in [-0.15, -0.1) is 4.91 Å². The first kappa shape index (κ1) is 46.4. The molecular weight excluding hydrogens is 713 g/mol. The first-order valence-corrected chi connectivity index (χ1v) is 19.3. The van der Waals surface area contributed by atoms with Crippen molar-refractivity contribution in [1.82, 2.24) is 9.55 Å². The topological polar surface area (TPSA) is 118 Å². The standard InChI is InChI=1S/C38H38F2N4O4.C3H8.C2H3N.C2H6/c1-5-8-12-25(11-7-3)30-22-32(40)35(43-18-9-13-36(43)45)20-27(30)23-48-28-15-16-29(31(39)21-28)37-41-33-19-26(38(46)42-47)14-17-34(33)44(37)24(4)10-6-2;1-3-2;1-2-3;1-2/h5,7-8,11-12,14-17,19-22,24H,6,9-10,13,18,23H2,1-4H3;3H2,1-2H3;1H3;1-2H3/b8-5+,11-7-,25-12+;;;. The van der Waals surface area contributed by atoms with Gasteiger partial charge in [0.25, 0.3) is 0 Å². The lowest BCUT2D eigenvalue weighted by molar-refractivity contribution is -0.117. The molecule has 5 rings (SSSR count). The maximum absolute atomic E-state index is 15.9. The zero-order valence-electron chi connectivity index (χ0n) is 34.2. The van der Waals surface area contributed by atoms with Crippen LogP contribution in [0.25, 0.3) is 28.0 Å². The number of halogens is 2. The molecule has 1 fully saturated rings. The Balaban J connectivity index is 0.00000125. The summed E-state index contributed by atoms with van der Waals surface area (Å²) in [4.78, 5) is 41.4. The molecule has 1 aliphatic rings. The number of benzene rings is 3. The van der Waals surface area contributed by atoms with Crippen LogP contribution in [0.3, 0.4) is 0 Å². The molecule has 1 unspecified atom stereocenters. The summed E-state index contributed by atoms with van der Waals surface area (Å²) < 4.78 is 39.5. The molecule has 298 valence electrons. The maximum atomic E-state index is 15.9. The number of fused-ring (bicyclic) bond motifs is 1. The molecule has 0 saturated carbocycles. The van der Waals surface area contributed by atoms with Crippen LogP contribution in [-0.2, 0) is 11.4 Å². The van der Waals surface area contributed by atoms with Gasteiger partial charge in [-0.1, -0.05) is 77.8 Å². The molecule has 0 radical (unpaired) electrons. The molecule has 1 atom stereocenters. The number of imidazole rings is 1. The van der Waals surface area contributed by atoms with Crippen molar-refractivity contribution in [3.05, 3.63) is 112 Å². The van der Waals surface area contributed by atoms with Crippen molar-refractivity contribution in [3.8, 4) is 23.2 Å². The highest BCUT2D eigenvalue weighted by molar-refractivity contribution is 5.98. The maximum Gasteiger partial charge on any atom is 0.316 e. The van der Waals surface area contributed by atoms with E-state index in [1.807, 2.05) is 69.6 Å². The number of hydrogen-bond donors (Lipinski definition) is 0. The van der Waals surface area contributed by atoms with Gasteiger partial charge in [0, 0.05) is 42.7 Å². The van der Waals surface area contributed by atoms with Crippen molar-refractivity contribution < 1.29 is 23.1 Å². The molecule has 1 aromatic heterocycles. The number of rotatable bonds is 12. The van der Waals surface area contributed by atoms with Gasteiger partial charge in [0.2, 0.25) is 5.91 Å². The van der Waals surface area contributed by atoms with Gasteiger partial charge >= 0.3 is 5.91 Å². The second-order valence-electron chi connectivity index (χ2n) is 12.7. The van der Waals surface area contributed by atoms with Crippen LogP contribution in [0.15, 0.2) is 84.1 Å². The zero-order chi connectivity index (χ0) is 41.8. The van der Waals surface area contributed by atoms with Gasteiger partial charge in [0.05, 0.1) is 28.4 Å². The molecule has 56 heavy (non-hydrogen) atoms. The Bertz CT molecular complexity index is 2080. The summed E-state index contributed by atoms with van der Waals surface area (Å²) in [5, 5.41) is 9.83. The number of nitriles is 1. The van der Waals surface area contributed by atoms with Gasteiger partial charge in [0.1, 0.15) is 29.8 Å². The Morgan fingerprint density at radius 2 is 1.75 bits per heavy atom. The predicted molar refractivity (Wildman–Crippen MR) is 223 cm³/mol. The van der Waals surface area contributed by atoms with Gasteiger partial charge in [-0.2, -0.15) is 5.26 Å². The lowest BCUT2D eigenvalue weighted by atomic mass is 9.97. The van der Waals surface area contributed by atoms with Gasteiger partial charge < -0.3 is 14.2 Å². The molecule has 0 spiro atoms. The second kappa shape index (κ2) is 23.9. The first-order chi connectivity index (χ1) is 27.0. The summed E-state index contributed by atoms with van der Waals surface area (Å²) in [6, 6.07) is 14.0. The van der Waals surface area contributed by atoms with Gasteiger partial charge in [-0.3, -0.25) is 9.59 Å². The first-order valence-electron chi connectivity index (χ1n) is 19.3. The smallest absolute Gasteiger partial charge is 0.316 e. The fourth-order valence-corrected chi connectivity index (χ4v) is 6.11. The minimum atomic E-state index is -0.902. The molecule has 2 heterocycles. The van der Waals surface area contributed by atoms with Crippen molar-refractivity contribution in [2.75, 3.05) is 11.4 Å². The number of anilines is 1. The summed E-state index contributed by atoms with van der Waals surface area (Å²) >= 11 is 0. The fourth-order valence-electron chi connectivity index (χ4n) is 6.11. The average Bonchev–Trinajstić information content (AvgIpc) is 3.80. The fraction of sp³-hybridized carbons (Fsp3) is 0.378. The highest BCUT2D eigenvalue weighted by atomic mass is 19.1. The Kier molecular flexibility index (Phi) is 19.8. The van der Waals surface area contributed by atoms with E-state index in [0.29, 0.717) is 47.4 Å². The lowest BCUT2D eigenvalue weighted by Gasteiger charge is -2.21. The number of nitroso groups, excluding NO2 is 1. The van der Waals surface area contributed by atoms with Crippen LogP contribution in [0.1, 0.15) is 122 Å². The van der Waals surface area contributed by atoms with Crippen molar-refractivity contribution >= 4 is 34.1 Å². The number of allylic oxidation sites excluding steroid dienone is 6. The molecule has 4 aromatic rings. The number of carbonyl (C=O) groups is 2. The van der Waals surface area contributed by atoms with Crippen LogP contribution in [0.4, 0.5) is 14.5 Å². The lowest BCUT2D eigenvalue weighted by Crippen LogP contribution is -2.25. The summed E-state index contributed by atoms with van der Waals surface area (Å²) in [5.74, 6) is -1.47. The second-order valence-corrected chi connectivity index (χ2v) is 12.7. The third kappa shape index (κ3) is 11.9. The van der Waals surface area contributed by atoms with E-state index >= 15 is 8.78 Å². The number of carbonyl (C=O) groups excluding carboxylic acids is 2. The molecule has 3 aromatic carbocycles. The highest BCUT2D eigenvalue weighted by Crippen LogP contribution is 2.35. The van der Waals surface area contributed by atoms with Gasteiger partial charge in [-0.05, 0) is 92.8 Å². The Hall–Kier alpha value is -5.76. The molecular formula is C45H55F2N5O4. The van der Waals surface area contributed by atoms with E-state index in [-0.39, 0.29) is 41.1 Å². The average molecular weight is 768 g/mol. The van der Waals surface area contributed by atoms with E-state index in [1.165, 1.54) is 42.5 Å². The number of aromatic nitrogens is 2. The van der Waals surface area contributed by atoms with Crippen molar-refractivity contribution in [2.24, 2.45) is 5.18 Å². The minimum Gasteiger partial charge on any atom is -0.489 e. The van der Waals surface area contributed by atoms with E-state index in [1.54, 1.807) is 30.3 Å². The van der Waals surface area contributed by atoms with Crippen LogP contribution in [0.2, 0.25) is 0 Å². The zero-order valence-corrected chi connectivity index (χ0v) is 34.2. The van der Waals surface area contributed by atoms with Crippen LogP contribution in [0, 0.1) is 27.9 Å². The van der Waals surface area contributed by atoms with E-state index < -0.39 is 17.5 Å². The highest BCUT2D eigenvalue weighted by Gasteiger charge is 2.26. The number of hydrogen-bond acceptors (Lipinski definition) is 6. The van der Waals surface area contributed by atoms with Crippen LogP contribution in [-0.4, -0.2) is 27.9 Å². The van der Waals surface area contributed by atoms with Gasteiger partial charge in [0.15, 0.2) is 0 Å². The van der Waals surface area contributed by atoms with E-state index in [9.17, 15) is 14.5 Å². The van der Waals surface area contributed by atoms with Crippen LogP contribution >= 0.6 is 0 Å². The quantitative estimate of drug-likeness (QED) is 0.105. The molecule has 1 saturated heterocycles. The molecule has 11 heteroatoms.